The number of methoxy groups -OCH3 is 1. The molecule has 0 atom stereocenters. The Kier molecular flexibility index (Phi) is 7.49. The number of nitrogens with one attached hydrogen (secondary N) is 2. The third-order valence-corrected chi connectivity index (χ3v) is 4.24. The molecule has 0 saturated heterocycles. The van der Waals surface area contributed by atoms with E-state index in [0.717, 1.165) is 0 Å². The average Bonchev–Trinajstić information content (AvgIpc) is 2.67. The Bertz CT molecular complexity index is 904. The minimum atomic E-state index is -4.54. The lowest BCUT2D eigenvalue weighted by Gasteiger charge is -2.15. The Labute approximate surface area is 173 Å². The van der Waals surface area contributed by atoms with E-state index in [9.17, 15) is 22.8 Å². The Morgan fingerprint density at radius 1 is 1.14 bits per heavy atom. The molecule has 0 unspecified atom stereocenters. The van der Waals surface area contributed by atoms with E-state index in [1.165, 1.54) is 37.4 Å². The van der Waals surface area contributed by atoms with Crippen molar-refractivity contribution in [1.82, 2.24) is 5.32 Å². The van der Waals surface area contributed by atoms with E-state index in [1.807, 2.05) is 0 Å². The van der Waals surface area contributed by atoms with Crippen molar-refractivity contribution in [3.8, 4) is 11.5 Å². The maximum Gasteiger partial charge on any atom is 0.405 e. The van der Waals surface area contributed by atoms with Gasteiger partial charge in [0.1, 0.15) is 6.54 Å². The largest absolute Gasteiger partial charge is 0.493 e. The first-order valence-corrected chi connectivity index (χ1v) is 9.21. The van der Waals surface area contributed by atoms with Crippen LogP contribution in [0, 0.1) is 0 Å². The summed E-state index contributed by atoms with van der Waals surface area (Å²) in [5.74, 6) is -0.784. The fourth-order valence-electron chi connectivity index (χ4n) is 2.40. The zero-order valence-electron chi connectivity index (χ0n) is 15.5. The molecule has 0 aliphatic carbocycles. The van der Waals surface area contributed by atoms with Gasteiger partial charge >= 0.3 is 6.18 Å². The summed E-state index contributed by atoms with van der Waals surface area (Å²) < 4.78 is 48.2. The first-order valence-electron chi connectivity index (χ1n) is 8.42. The number of para-hydroxylation sites is 1. The molecule has 0 fully saturated rings. The summed E-state index contributed by atoms with van der Waals surface area (Å²) in [6, 6.07) is 8.73. The molecule has 2 aromatic rings. The number of ether oxygens (including phenoxy) is 2. The van der Waals surface area contributed by atoms with Crippen LogP contribution in [0.4, 0.5) is 18.9 Å². The second-order valence-corrected chi connectivity index (χ2v) is 6.57. The van der Waals surface area contributed by atoms with Crippen molar-refractivity contribution in [2.45, 2.75) is 13.1 Å². The predicted octanol–water partition coefficient (Wildman–Crippen LogP) is 4.40. The molecule has 0 aliphatic rings. The van der Waals surface area contributed by atoms with Crippen LogP contribution >= 0.6 is 15.9 Å². The zero-order valence-corrected chi connectivity index (χ0v) is 17.1. The lowest BCUT2D eigenvalue weighted by Crippen LogP contribution is -2.34. The van der Waals surface area contributed by atoms with Crippen molar-refractivity contribution < 1.29 is 32.2 Å². The van der Waals surface area contributed by atoms with Crippen molar-refractivity contribution in [3.05, 3.63) is 52.0 Å². The molecule has 2 amide bonds. The first-order chi connectivity index (χ1) is 13.7. The molecule has 0 saturated carbocycles. The highest BCUT2D eigenvalue weighted by Crippen LogP contribution is 2.37. The van der Waals surface area contributed by atoms with Gasteiger partial charge in [0.05, 0.1) is 29.4 Å². The number of hydrogen-bond acceptors (Lipinski definition) is 4. The van der Waals surface area contributed by atoms with Crippen LogP contribution in [0.2, 0.25) is 0 Å². The maximum atomic E-state index is 12.7. The molecule has 10 heteroatoms. The molecule has 0 aliphatic heterocycles. The fraction of sp³-hybridized carbons (Fsp3) is 0.263. The minimum absolute atomic E-state index is 0.0705. The topological polar surface area (TPSA) is 76.7 Å². The molecule has 6 nitrogen and oxygen atoms in total. The molecule has 2 N–H and O–H groups in total. The Balaban J connectivity index is 2.26. The second-order valence-electron chi connectivity index (χ2n) is 5.72. The van der Waals surface area contributed by atoms with Crippen molar-refractivity contribution in [1.29, 1.82) is 0 Å². The molecule has 0 spiro atoms. The summed E-state index contributed by atoms with van der Waals surface area (Å²) in [6.45, 7) is 0.714. The lowest BCUT2D eigenvalue weighted by molar-refractivity contribution is -0.123. The minimum Gasteiger partial charge on any atom is -0.493 e. The third kappa shape index (κ3) is 6.11. The van der Waals surface area contributed by atoms with Gasteiger partial charge in [-0.1, -0.05) is 12.1 Å². The molecular weight excluding hydrogens is 457 g/mol. The molecule has 0 heterocycles. The van der Waals surface area contributed by atoms with Gasteiger partial charge in [0.15, 0.2) is 11.5 Å². The number of benzene rings is 2. The highest BCUT2D eigenvalue weighted by molar-refractivity contribution is 9.10. The Morgan fingerprint density at radius 2 is 1.83 bits per heavy atom. The lowest BCUT2D eigenvalue weighted by atomic mass is 10.1. The zero-order chi connectivity index (χ0) is 21.6. The van der Waals surface area contributed by atoms with E-state index >= 15 is 0 Å². The number of hydrogen-bond donors (Lipinski definition) is 2. The van der Waals surface area contributed by atoms with Gasteiger partial charge in [0, 0.05) is 5.56 Å². The Hall–Kier alpha value is -2.75. The summed E-state index contributed by atoms with van der Waals surface area (Å²) in [5, 5.41) is 4.32. The number of carbonyl (C=O) groups excluding carboxylic acids is 2. The molecule has 0 bridgehead atoms. The Morgan fingerprint density at radius 3 is 2.45 bits per heavy atom. The van der Waals surface area contributed by atoms with Gasteiger partial charge in [0.2, 0.25) is 0 Å². The number of rotatable bonds is 7. The molecule has 29 heavy (non-hydrogen) atoms. The maximum absolute atomic E-state index is 12.7. The van der Waals surface area contributed by atoms with Crippen LogP contribution in [0.1, 0.15) is 27.6 Å². The highest BCUT2D eigenvalue weighted by Gasteiger charge is 2.28. The quantitative estimate of drug-likeness (QED) is 0.623. The van der Waals surface area contributed by atoms with Crippen LogP contribution in [0.3, 0.4) is 0 Å². The van der Waals surface area contributed by atoms with Crippen molar-refractivity contribution in [2.24, 2.45) is 0 Å². The summed E-state index contributed by atoms with van der Waals surface area (Å²) in [6.07, 6.45) is -4.54. The number of amides is 2. The van der Waals surface area contributed by atoms with Crippen LogP contribution in [0.15, 0.2) is 40.9 Å². The van der Waals surface area contributed by atoms with Crippen molar-refractivity contribution in [2.75, 3.05) is 25.6 Å². The highest BCUT2D eigenvalue weighted by atomic mass is 79.9. The summed E-state index contributed by atoms with van der Waals surface area (Å²) in [7, 11) is 1.42. The number of halogens is 4. The molecule has 0 radical (unpaired) electrons. The van der Waals surface area contributed by atoms with Gasteiger partial charge in [0.25, 0.3) is 11.8 Å². The molecular formula is C19H18BrF3N2O4. The van der Waals surface area contributed by atoms with Crippen molar-refractivity contribution in [3.63, 3.8) is 0 Å². The van der Waals surface area contributed by atoms with E-state index in [1.54, 1.807) is 18.3 Å². The van der Waals surface area contributed by atoms with E-state index in [0.29, 0.717) is 22.6 Å². The van der Waals surface area contributed by atoms with E-state index in [2.05, 4.69) is 21.2 Å². The van der Waals surface area contributed by atoms with Crippen LogP contribution in [0.25, 0.3) is 0 Å². The molecule has 156 valence electrons. The van der Waals surface area contributed by atoms with Gasteiger partial charge in [-0.15, -0.1) is 0 Å². The van der Waals surface area contributed by atoms with Gasteiger partial charge < -0.3 is 20.1 Å². The first kappa shape index (κ1) is 22.5. The van der Waals surface area contributed by atoms with Crippen LogP contribution in [-0.4, -0.2) is 38.3 Å². The van der Waals surface area contributed by atoms with Crippen LogP contribution in [0.5, 0.6) is 11.5 Å². The SMILES string of the molecule is CCOc1c(Br)cc(C(=O)Nc2ccccc2C(=O)NCC(F)(F)F)cc1OC. The van der Waals surface area contributed by atoms with Crippen LogP contribution < -0.4 is 20.1 Å². The van der Waals surface area contributed by atoms with E-state index < -0.39 is 24.5 Å². The number of anilines is 1. The van der Waals surface area contributed by atoms with Gasteiger partial charge in [-0.25, -0.2) is 0 Å². The van der Waals surface area contributed by atoms with E-state index in [-0.39, 0.29) is 16.8 Å². The van der Waals surface area contributed by atoms with Gasteiger partial charge in [-0.2, -0.15) is 13.2 Å². The normalized spacial score (nSPS) is 11.0. The smallest absolute Gasteiger partial charge is 0.405 e. The standard InChI is InChI=1S/C19H18BrF3N2O4/c1-3-29-16-13(20)8-11(9-15(16)28-2)17(26)25-14-7-5-4-6-12(14)18(27)24-10-19(21,22)23/h4-9H,3,10H2,1-2H3,(H,24,27)(H,25,26). The summed E-state index contributed by atoms with van der Waals surface area (Å²) in [4.78, 5) is 24.8. The van der Waals surface area contributed by atoms with Crippen LogP contribution in [-0.2, 0) is 0 Å². The van der Waals surface area contributed by atoms with Gasteiger partial charge in [-0.05, 0) is 47.1 Å². The molecule has 2 aromatic carbocycles. The summed E-state index contributed by atoms with van der Waals surface area (Å²) >= 11 is 3.31. The van der Waals surface area contributed by atoms with Crippen molar-refractivity contribution >= 4 is 33.4 Å². The molecule has 2 rings (SSSR count). The predicted molar refractivity (Wildman–Crippen MR) is 105 cm³/mol. The number of alkyl halides is 3. The second kappa shape index (κ2) is 9.64. The monoisotopic (exact) mass is 474 g/mol. The average molecular weight is 475 g/mol. The summed E-state index contributed by atoms with van der Waals surface area (Å²) in [5.41, 5.74) is 0.172. The molecule has 0 aromatic heterocycles. The van der Waals surface area contributed by atoms with E-state index in [4.69, 9.17) is 9.47 Å². The third-order valence-electron chi connectivity index (χ3n) is 3.65. The fourth-order valence-corrected chi connectivity index (χ4v) is 2.95. The van der Waals surface area contributed by atoms with Gasteiger partial charge in [-0.3, -0.25) is 9.59 Å². The number of carbonyl (C=O) groups is 2.